The van der Waals surface area contributed by atoms with Crippen LogP contribution in [0.25, 0.3) is 5.82 Å². The fourth-order valence-electron chi connectivity index (χ4n) is 3.04. The SMILES string of the molecule is Cc1ncn(-c2cc(N3CCN(C(=O)Nc4cccs4)CC3)ncn2)c1C. The Labute approximate surface area is 161 Å². The third-order valence-corrected chi connectivity index (χ3v) is 5.56. The van der Waals surface area contributed by atoms with Crippen molar-refractivity contribution in [3.05, 3.63) is 47.6 Å². The number of aromatic nitrogens is 4. The Balaban J connectivity index is 1.42. The van der Waals surface area contributed by atoms with E-state index in [4.69, 9.17) is 0 Å². The average molecular weight is 383 g/mol. The number of anilines is 2. The zero-order chi connectivity index (χ0) is 18.8. The number of aryl methyl sites for hydroxylation is 1. The smallest absolute Gasteiger partial charge is 0.322 e. The fourth-order valence-corrected chi connectivity index (χ4v) is 3.65. The predicted octanol–water partition coefficient (Wildman–Crippen LogP) is 2.69. The van der Waals surface area contributed by atoms with Crippen molar-refractivity contribution in [3.63, 3.8) is 0 Å². The van der Waals surface area contributed by atoms with Crippen LogP contribution >= 0.6 is 11.3 Å². The summed E-state index contributed by atoms with van der Waals surface area (Å²) in [7, 11) is 0. The van der Waals surface area contributed by atoms with Gasteiger partial charge in [0.15, 0.2) is 0 Å². The summed E-state index contributed by atoms with van der Waals surface area (Å²) < 4.78 is 1.96. The van der Waals surface area contributed by atoms with Crippen molar-refractivity contribution in [1.82, 2.24) is 24.4 Å². The lowest BCUT2D eigenvalue weighted by molar-refractivity contribution is 0.208. The van der Waals surface area contributed by atoms with Crippen LogP contribution < -0.4 is 10.2 Å². The van der Waals surface area contributed by atoms with Gasteiger partial charge in [-0.15, -0.1) is 11.3 Å². The number of urea groups is 1. The van der Waals surface area contributed by atoms with Gasteiger partial charge in [0.2, 0.25) is 0 Å². The van der Waals surface area contributed by atoms with Gasteiger partial charge in [0.1, 0.15) is 24.3 Å². The van der Waals surface area contributed by atoms with Gasteiger partial charge in [-0.2, -0.15) is 0 Å². The van der Waals surface area contributed by atoms with Crippen molar-refractivity contribution in [2.45, 2.75) is 13.8 Å². The predicted molar refractivity (Wildman–Crippen MR) is 106 cm³/mol. The maximum Gasteiger partial charge on any atom is 0.322 e. The summed E-state index contributed by atoms with van der Waals surface area (Å²) in [5.41, 5.74) is 2.05. The minimum absolute atomic E-state index is 0.0509. The summed E-state index contributed by atoms with van der Waals surface area (Å²) in [5.74, 6) is 1.67. The summed E-state index contributed by atoms with van der Waals surface area (Å²) in [5, 5.41) is 5.75. The van der Waals surface area contributed by atoms with Crippen LogP contribution in [0.5, 0.6) is 0 Å². The van der Waals surface area contributed by atoms with E-state index in [1.165, 1.54) is 11.3 Å². The second-order valence-corrected chi connectivity index (χ2v) is 7.35. The molecule has 27 heavy (non-hydrogen) atoms. The first kappa shape index (κ1) is 17.5. The van der Waals surface area contributed by atoms with E-state index in [0.29, 0.717) is 13.1 Å². The van der Waals surface area contributed by atoms with E-state index in [0.717, 1.165) is 41.1 Å². The first-order valence-electron chi connectivity index (χ1n) is 8.79. The summed E-state index contributed by atoms with van der Waals surface area (Å²) in [6.45, 7) is 6.77. The number of nitrogens with one attached hydrogen (secondary N) is 1. The van der Waals surface area contributed by atoms with Crippen LogP contribution in [0.1, 0.15) is 11.4 Å². The van der Waals surface area contributed by atoms with Gasteiger partial charge in [0.05, 0.1) is 10.7 Å². The zero-order valence-corrected chi connectivity index (χ0v) is 16.1. The molecule has 0 saturated carbocycles. The van der Waals surface area contributed by atoms with Crippen LogP contribution in [-0.2, 0) is 0 Å². The number of piperazine rings is 1. The lowest BCUT2D eigenvalue weighted by Crippen LogP contribution is -2.50. The van der Waals surface area contributed by atoms with E-state index in [9.17, 15) is 4.79 Å². The van der Waals surface area contributed by atoms with Gasteiger partial charge in [0, 0.05) is 37.9 Å². The van der Waals surface area contributed by atoms with Gasteiger partial charge in [0.25, 0.3) is 0 Å². The Kier molecular flexibility index (Phi) is 4.76. The topological polar surface area (TPSA) is 79.2 Å². The standard InChI is InChI=1S/C18H21N7OS/c1-13-14(2)25(12-21-13)16-10-15(19-11-20-16)23-5-7-24(8-6-23)18(26)22-17-4-3-9-27-17/h3-4,9-12H,5-8H2,1-2H3,(H,22,26). The monoisotopic (exact) mass is 383 g/mol. The van der Waals surface area contributed by atoms with Crippen LogP contribution in [0.4, 0.5) is 15.6 Å². The second-order valence-electron chi connectivity index (χ2n) is 6.40. The van der Waals surface area contributed by atoms with E-state index in [2.05, 4.69) is 25.2 Å². The first-order chi connectivity index (χ1) is 13.1. The van der Waals surface area contributed by atoms with E-state index >= 15 is 0 Å². The maximum absolute atomic E-state index is 12.4. The van der Waals surface area contributed by atoms with Crippen molar-refractivity contribution < 1.29 is 4.79 Å². The molecule has 0 atom stereocenters. The number of carbonyl (C=O) groups is 1. The normalized spacial score (nSPS) is 14.4. The van der Waals surface area contributed by atoms with Crippen LogP contribution in [0.15, 0.2) is 36.2 Å². The number of hydrogen-bond acceptors (Lipinski definition) is 6. The van der Waals surface area contributed by atoms with Crippen LogP contribution in [0, 0.1) is 13.8 Å². The number of thiophene rings is 1. The van der Waals surface area contributed by atoms with Crippen molar-refractivity contribution >= 4 is 28.2 Å². The van der Waals surface area contributed by atoms with Gasteiger partial charge in [-0.3, -0.25) is 9.88 Å². The molecule has 4 heterocycles. The molecule has 0 bridgehead atoms. The highest BCUT2D eigenvalue weighted by Crippen LogP contribution is 2.19. The Morgan fingerprint density at radius 3 is 2.56 bits per heavy atom. The molecule has 3 aromatic heterocycles. The minimum Gasteiger partial charge on any atom is -0.353 e. The third kappa shape index (κ3) is 3.63. The molecule has 1 aliphatic rings. The van der Waals surface area contributed by atoms with Crippen LogP contribution in [0.2, 0.25) is 0 Å². The van der Waals surface area contributed by atoms with Gasteiger partial charge < -0.3 is 9.80 Å². The average Bonchev–Trinajstić information content (AvgIpc) is 3.32. The Bertz CT molecular complexity index is 929. The molecule has 4 rings (SSSR count). The summed E-state index contributed by atoms with van der Waals surface area (Å²) >= 11 is 1.52. The van der Waals surface area contributed by atoms with Crippen molar-refractivity contribution in [2.75, 3.05) is 36.4 Å². The molecule has 9 heteroatoms. The van der Waals surface area contributed by atoms with Gasteiger partial charge in [-0.05, 0) is 31.4 Å². The Hall–Kier alpha value is -2.94. The van der Waals surface area contributed by atoms with Crippen molar-refractivity contribution in [3.8, 4) is 5.82 Å². The lowest BCUT2D eigenvalue weighted by atomic mass is 10.3. The maximum atomic E-state index is 12.4. The molecule has 0 spiro atoms. The summed E-state index contributed by atoms with van der Waals surface area (Å²) in [4.78, 5) is 29.5. The van der Waals surface area contributed by atoms with Crippen LogP contribution in [-0.4, -0.2) is 56.6 Å². The first-order valence-corrected chi connectivity index (χ1v) is 9.67. The molecule has 0 aromatic carbocycles. The highest BCUT2D eigenvalue weighted by Gasteiger charge is 2.22. The highest BCUT2D eigenvalue weighted by molar-refractivity contribution is 7.14. The molecule has 2 amide bonds. The Morgan fingerprint density at radius 1 is 1.11 bits per heavy atom. The van der Waals surface area contributed by atoms with Crippen molar-refractivity contribution in [2.24, 2.45) is 0 Å². The largest absolute Gasteiger partial charge is 0.353 e. The summed E-state index contributed by atoms with van der Waals surface area (Å²) in [6.07, 6.45) is 3.36. The number of nitrogens with zero attached hydrogens (tertiary/aromatic N) is 6. The van der Waals surface area contributed by atoms with Gasteiger partial charge in [-0.1, -0.05) is 0 Å². The quantitative estimate of drug-likeness (QED) is 0.752. The van der Waals surface area contributed by atoms with E-state index in [-0.39, 0.29) is 6.03 Å². The molecule has 0 radical (unpaired) electrons. The second kappa shape index (κ2) is 7.36. The number of amides is 2. The molecule has 1 saturated heterocycles. The highest BCUT2D eigenvalue weighted by atomic mass is 32.1. The van der Waals surface area contributed by atoms with E-state index in [1.54, 1.807) is 12.7 Å². The lowest BCUT2D eigenvalue weighted by Gasteiger charge is -2.35. The molecular formula is C18H21N7OS. The molecule has 3 aromatic rings. The third-order valence-electron chi connectivity index (χ3n) is 4.78. The van der Waals surface area contributed by atoms with Crippen molar-refractivity contribution in [1.29, 1.82) is 0 Å². The molecule has 0 unspecified atom stereocenters. The molecule has 1 N–H and O–H groups in total. The number of imidazole rings is 1. The fraction of sp³-hybridized carbons (Fsp3) is 0.333. The molecule has 8 nitrogen and oxygen atoms in total. The zero-order valence-electron chi connectivity index (χ0n) is 15.3. The Morgan fingerprint density at radius 2 is 1.89 bits per heavy atom. The summed E-state index contributed by atoms with van der Waals surface area (Å²) in [6, 6.07) is 5.75. The van der Waals surface area contributed by atoms with E-state index < -0.39 is 0 Å². The number of hydrogen-bond donors (Lipinski definition) is 1. The van der Waals surface area contributed by atoms with Gasteiger partial charge in [-0.25, -0.2) is 19.7 Å². The molecule has 1 fully saturated rings. The minimum atomic E-state index is -0.0509. The number of carbonyl (C=O) groups excluding carboxylic acids is 1. The van der Waals surface area contributed by atoms with Crippen LogP contribution in [0.3, 0.4) is 0 Å². The molecular weight excluding hydrogens is 362 g/mol. The molecule has 0 aliphatic carbocycles. The van der Waals surface area contributed by atoms with E-state index in [1.807, 2.05) is 46.9 Å². The molecule has 140 valence electrons. The number of rotatable bonds is 3. The molecule has 1 aliphatic heterocycles. The van der Waals surface area contributed by atoms with Gasteiger partial charge >= 0.3 is 6.03 Å².